The van der Waals surface area contributed by atoms with Crippen LogP contribution in [0.4, 0.5) is 4.39 Å². The Balaban J connectivity index is 2.61. The zero-order chi connectivity index (χ0) is 8.01. The van der Waals surface area contributed by atoms with E-state index in [4.69, 9.17) is 0 Å². The van der Waals surface area contributed by atoms with Crippen molar-refractivity contribution in [2.45, 2.75) is 20.3 Å². The zero-order valence-corrected chi connectivity index (χ0v) is 8.70. The molecule has 1 aromatic rings. The van der Waals surface area contributed by atoms with E-state index >= 15 is 0 Å². The van der Waals surface area contributed by atoms with Gasteiger partial charge in [0.1, 0.15) is 0 Å². The van der Waals surface area contributed by atoms with Crippen molar-refractivity contribution >= 4 is 0 Å². The number of aryl methyl sites for hydroxylation is 1. The number of rotatable bonds is 1. The van der Waals surface area contributed by atoms with E-state index in [0.717, 1.165) is 17.5 Å². The number of halogens is 2. The van der Waals surface area contributed by atoms with Gasteiger partial charge in [0.05, 0.1) is 0 Å². The van der Waals surface area contributed by atoms with Crippen LogP contribution in [0.3, 0.4) is 0 Å². The Morgan fingerprint density at radius 3 is 2.91 bits per heavy atom. The second kappa shape index (κ2) is 2.44. The van der Waals surface area contributed by atoms with E-state index < -0.39 is 0 Å². The Hall–Kier alpha value is -0.120. The third-order valence-electron chi connectivity index (χ3n) is 1.99. The first-order chi connectivity index (χ1) is 5.24. The second-order valence-electron chi connectivity index (χ2n) is 2.72. The maximum absolute atomic E-state index is 13.3. The zero-order valence-electron chi connectivity index (χ0n) is 6.54. The van der Waals surface area contributed by atoms with Crippen LogP contribution < -0.4 is 21.2 Å². The molecular weight excluding hydrogens is 254 g/mol. The van der Waals surface area contributed by atoms with Gasteiger partial charge in [0.25, 0.3) is 0 Å². The third kappa shape index (κ3) is 1.08. The molecule has 0 saturated heterocycles. The van der Waals surface area contributed by atoms with E-state index in [1.807, 2.05) is 19.9 Å². The molecule has 0 unspecified atom stereocenters. The molecule has 0 fully saturated rings. The van der Waals surface area contributed by atoms with E-state index in [1.54, 1.807) is 0 Å². The molecule has 0 aliphatic carbocycles. The number of benzene rings is 1. The molecule has 1 aromatic carbocycles. The molecule has 0 spiro atoms. The number of hydrogen-bond donors (Lipinski definition) is 0. The van der Waals surface area contributed by atoms with Crippen LogP contribution in [-0.2, 0) is 6.42 Å². The van der Waals surface area contributed by atoms with Crippen LogP contribution in [0.1, 0.15) is 18.1 Å². The number of hydrogen-bond acceptors (Lipinski definition) is 0. The molecule has 11 heavy (non-hydrogen) atoms. The Bertz CT molecular complexity index is 318. The van der Waals surface area contributed by atoms with E-state index in [9.17, 15) is 4.39 Å². The first-order valence-corrected chi connectivity index (χ1v) is 5.86. The van der Waals surface area contributed by atoms with E-state index in [1.165, 1.54) is 7.14 Å². The molecule has 0 saturated carbocycles. The van der Waals surface area contributed by atoms with Crippen molar-refractivity contribution in [1.29, 1.82) is 0 Å². The predicted molar refractivity (Wildman–Crippen MR) is 37.9 cm³/mol. The Labute approximate surface area is 76.1 Å². The normalized spacial score (nSPS) is 13.7. The molecule has 1 aliphatic heterocycles. The fraction of sp³-hybridized carbons (Fsp3) is 0.333. The summed E-state index contributed by atoms with van der Waals surface area (Å²) in [6.07, 6.45) is 0.823. The summed E-state index contributed by atoms with van der Waals surface area (Å²) in [5.41, 5.74) is 1.82. The van der Waals surface area contributed by atoms with Crippen LogP contribution in [-0.4, -0.2) is 0 Å². The van der Waals surface area contributed by atoms with Crippen molar-refractivity contribution in [3.8, 4) is 0 Å². The summed E-state index contributed by atoms with van der Waals surface area (Å²) in [6.45, 7) is 3.91. The molecule has 60 valence electrons. The van der Waals surface area contributed by atoms with E-state index in [0.29, 0.717) is 0 Å². The van der Waals surface area contributed by atoms with Gasteiger partial charge in [-0.1, -0.05) is 0 Å². The maximum atomic E-state index is 13.3. The van der Waals surface area contributed by atoms with Crippen LogP contribution in [0.5, 0.6) is 0 Å². The van der Waals surface area contributed by atoms with Gasteiger partial charge in [0, 0.05) is 0 Å². The monoisotopic (exact) mass is 263 g/mol. The van der Waals surface area contributed by atoms with E-state index in [-0.39, 0.29) is 27.0 Å². The van der Waals surface area contributed by atoms with Crippen molar-refractivity contribution in [3.05, 3.63) is 30.2 Å². The van der Waals surface area contributed by atoms with Gasteiger partial charge in [-0.05, 0) is 0 Å². The quantitative estimate of drug-likeness (QED) is 0.587. The third-order valence-corrected chi connectivity index (χ3v) is 4.81. The topological polar surface area (TPSA) is 0 Å². The Morgan fingerprint density at radius 2 is 2.27 bits per heavy atom. The summed E-state index contributed by atoms with van der Waals surface area (Å²) in [6, 6.07) is 2.05. The molecule has 1 aliphatic rings. The summed E-state index contributed by atoms with van der Waals surface area (Å²) >= 11 is 0.129. The molecule has 0 nitrogen and oxygen atoms in total. The van der Waals surface area contributed by atoms with Crippen molar-refractivity contribution in [2.24, 2.45) is 0 Å². The first kappa shape index (κ1) is 7.53. The van der Waals surface area contributed by atoms with E-state index in [2.05, 4.69) is 0 Å². The predicted octanol–water partition coefficient (Wildman–Crippen LogP) is -0.862. The molecule has 0 aromatic heterocycles. The van der Waals surface area contributed by atoms with Gasteiger partial charge < -0.3 is 0 Å². The molecule has 0 bridgehead atoms. The molecule has 2 rings (SSSR count). The van der Waals surface area contributed by atoms with Gasteiger partial charge in [-0.25, -0.2) is 0 Å². The molecule has 0 radical (unpaired) electrons. The molecular formula is C9H9FI-. The van der Waals surface area contributed by atoms with Crippen LogP contribution in [0, 0.1) is 19.9 Å². The summed E-state index contributed by atoms with van der Waals surface area (Å²) < 4.78 is 16.1. The average Bonchev–Trinajstić information content (AvgIpc) is 2.75. The van der Waals surface area contributed by atoms with Crippen molar-refractivity contribution in [2.75, 3.05) is 0 Å². The molecule has 0 N–H and O–H groups in total. The average molecular weight is 263 g/mol. The minimum atomic E-state index is 0.0449. The van der Waals surface area contributed by atoms with Gasteiger partial charge in [0.2, 0.25) is 0 Å². The van der Waals surface area contributed by atoms with Crippen LogP contribution in [0.25, 0.3) is 0 Å². The van der Waals surface area contributed by atoms with Crippen LogP contribution in [0.2, 0.25) is 0 Å². The summed E-state index contributed by atoms with van der Waals surface area (Å²) in [5, 5.41) is 0. The Kier molecular flexibility index (Phi) is 1.67. The molecule has 0 amide bonds. The fourth-order valence-corrected chi connectivity index (χ4v) is 3.41. The van der Waals surface area contributed by atoms with Crippen molar-refractivity contribution in [1.82, 2.24) is 0 Å². The molecule has 0 atom stereocenters. The second-order valence-corrected chi connectivity index (χ2v) is 5.50. The molecule has 1 heterocycles. The minimum absolute atomic E-state index is 0.0449. The fourth-order valence-electron chi connectivity index (χ4n) is 1.23. The van der Waals surface area contributed by atoms with Crippen molar-refractivity contribution in [3.63, 3.8) is 0 Å². The van der Waals surface area contributed by atoms with Gasteiger partial charge in [-0.2, -0.15) is 0 Å². The van der Waals surface area contributed by atoms with Crippen LogP contribution >= 0.6 is 0 Å². The number of fused-ring (bicyclic) bond motifs is 1. The van der Waals surface area contributed by atoms with Gasteiger partial charge in [0.15, 0.2) is 0 Å². The standard InChI is InChI=1S/C9H9FI/c1-3-6-4-7-9(11-7)5(2)8(6)10/h4H,3H2,1-2H3/q-1. The first-order valence-electron chi connectivity index (χ1n) is 3.70. The van der Waals surface area contributed by atoms with Gasteiger partial charge in [-0.15, -0.1) is 0 Å². The molecule has 2 heteroatoms. The Morgan fingerprint density at radius 1 is 1.55 bits per heavy atom. The summed E-state index contributed by atoms with van der Waals surface area (Å²) in [7, 11) is 0. The van der Waals surface area contributed by atoms with Crippen LogP contribution in [0.15, 0.2) is 6.07 Å². The summed E-state index contributed by atoms with van der Waals surface area (Å²) in [4.78, 5) is 0. The van der Waals surface area contributed by atoms with Crippen molar-refractivity contribution < 1.29 is 25.6 Å². The van der Waals surface area contributed by atoms with Gasteiger partial charge in [-0.3, -0.25) is 0 Å². The van der Waals surface area contributed by atoms with Gasteiger partial charge >= 0.3 is 76.0 Å². The summed E-state index contributed by atoms with van der Waals surface area (Å²) in [5.74, 6) is 0.0449. The SMILES string of the molecule is CCc1cc2c(c(C)c1F)[I-]2.